The second-order valence-electron chi connectivity index (χ2n) is 6.78. The maximum absolute atomic E-state index is 12.8. The van der Waals surface area contributed by atoms with E-state index in [1.165, 1.54) is 11.3 Å². The summed E-state index contributed by atoms with van der Waals surface area (Å²) in [7, 11) is 0. The lowest BCUT2D eigenvalue weighted by molar-refractivity contribution is 0.0709. The van der Waals surface area contributed by atoms with E-state index in [1.807, 2.05) is 11.0 Å². The van der Waals surface area contributed by atoms with E-state index in [-0.39, 0.29) is 5.91 Å². The van der Waals surface area contributed by atoms with Crippen molar-refractivity contribution in [3.8, 4) is 6.07 Å². The first-order valence-electron chi connectivity index (χ1n) is 8.80. The van der Waals surface area contributed by atoms with Crippen LogP contribution in [0.2, 0.25) is 0 Å². The number of fused-ring (bicyclic) bond motifs is 1. The van der Waals surface area contributed by atoms with Gasteiger partial charge in [0.05, 0.1) is 22.9 Å². The Labute approximate surface area is 161 Å². The molecule has 2 aliphatic heterocycles. The zero-order valence-electron chi connectivity index (χ0n) is 14.3. The number of aliphatic imine (C=N–C) groups is 1. The number of benzene rings is 2. The average Bonchev–Trinajstić information content (AvgIpc) is 3.10. The monoisotopic (exact) mass is 407 g/mol. The summed E-state index contributed by atoms with van der Waals surface area (Å²) in [5.74, 6) is 0.387. The number of nitrogens with zero attached hydrogens (tertiary/aromatic N) is 3. The number of piperidine rings is 1. The standard InChI is InChI=1S/C21H18BrN3O/c22-17-6-5-15-11-19(24-20(15)12-17)14-7-9-25(10-8-14)21(26)18-4-2-1-3-16(18)13-23/h1-6,12,14H,7-11H2. The Morgan fingerprint density at radius 3 is 2.73 bits per heavy atom. The van der Waals surface area contributed by atoms with Crippen molar-refractivity contribution in [1.29, 1.82) is 5.26 Å². The molecule has 0 atom stereocenters. The summed E-state index contributed by atoms with van der Waals surface area (Å²) in [4.78, 5) is 19.5. The van der Waals surface area contributed by atoms with Crippen LogP contribution in [0.5, 0.6) is 0 Å². The SMILES string of the molecule is N#Cc1ccccc1C(=O)N1CCC(C2=Nc3cc(Br)ccc3C2)CC1. The molecule has 0 N–H and O–H groups in total. The van der Waals surface area contributed by atoms with Crippen LogP contribution < -0.4 is 0 Å². The zero-order chi connectivity index (χ0) is 18.1. The molecule has 130 valence electrons. The van der Waals surface area contributed by atoms with Gasteiger partial charge in [-0.1, -0.05) is 34.1 Å². The minimum absolute atomic E-state index is 0.0406. The zero-order valence-corrected chi connectivity index (χ0v) is 15.9. The molecule has 0 bridgehead atoms. The molecule has 4 nitrogen and oxygen atoms in total. The van der Waals surface area contributed by atoms with E-state index in [9.17, 15) is 10.1 Å². The van der Waals surface area contributed by atoms with Crippen LogP contribution in [0.25, 0.3) is 0 Å². The van der Waals surface area contributed by atoms with Crippen LogP contribution in [0.1, 0.15) is 34.3 Å². The Hall–Kier alpha value is -2.45. The van der Waals surface area contributed by atoms with Crippen molar-refractivity contribution in [3.63, 3.8) is 0 Å². The number of hydrogen-bond acceptors (Lipinski definition) is 3. The summed E-state index contributed by atoms with van der Waals surface area (Å²) in [5, 5.41) is 9.22. The fraction of sp³-hybridized carbons (Fsp3) is 0.286. The second-order valence-corrected chi connectivity index (χ2v) is 7.69. The summed E-state index contributed by atoms with van der Waals surface area (Å²) in [6.07, 6.45) is 2.77. The third-order valence-corrected chi connectivity index (χ3v) is 5.71. The van der Waals surface area contributed by atoms with Gasteiger partial charge >= 0.3 is 0 Å². The Balaban J connectivity index is 1.43. The minimum Gasteiger partial charge on any atom is -0.339 e. The molecular weight excluding hydrogens is 390 g/mol. The van der Waals surface area contributed by atoms with Gasteiger partial charge in [0.25, 0.3) is 5.91 Å². The summed E-state index contributed by atoms with van der Waals surface area (Å²) in [6, 6.07) is 15.4. The molecule has 0 saturated carbocycles. The first kappa shape index (κ1) is 17.0. The first-order chi connectivity index (χ1) is 12.7. The topological polar surface area (TPSA) is 56.5 Å². The molecule has 0 spiro atoms. The summed E-state index contributed by atoms with van der Waals surface area (Å²) < 4.78 is 1.05. The van der Waals surface area contributed by atoms with Gasteiger partial charge in [0, 0.05) is 35.6 Å². The van der Waals surface area contributed by atoms with Crippen LogP contribution in [0.15, 0.2) is 51.9 Å². The van der Waals surface area contributed by atoms with Crippen LogP contribution in [-0.2, 0) is 6.42 Å². The number of nitriles is 1. The fourth-order valence-corrected chi connectivity index (χ4v) is 4.12. The molecule has 5 heteroatoms. The van der Waals surface area contributed by atoms with Gasteiger partial charge in [-0.25, -0.2) is 0 Å². The molecule has 0 aliphatic carbocycles. The highest BCUT2D eigenvalue weighted by Crippen LogP contribution is 2.34. The Morgan fingerprint density at radius 1 is 1.19 bits per heavy atom. The Kier molecular flexibility index (Phi) is 4.60. The molecule has 26 heavy (non-hydrogen) atoms. The smallest absolute Gasteiger partial charge is 0.255 e. The number of halogens is 1. The van der Waals surface area contributed by atoms with Crippen LogP contribution in [0, 0.1) is 17.2 Å². The van der Waals surface area contributed by atoms with Crippen molar-refractivity contribution in [3.05, 3.63) is 63.6 Å². The molecule has 0 aromatic heterocycles. The van der Waals surface area contributed by atoms with E-state index in [0.717, 1.165) is 29.4 Å². The summed E-state index contributed by atoms with van der Waals surface area (Å²) in [5.41, 5.74) is 4.54. The Morgan fingerprint density at radius 2 is 1.96 bits per heavy atom. The van der Waals surface area contributed by atoms with E-state index in [2.05, 4.69) is 40.2 Å². The Bertz CT molecular complexity index is 937. The van der Waals surface area contributed by atoms with Crippen molar-refractivity contribution in [2.75, 3.05) is 13.1 Å². The van der Waals surface area contributed by atoms with Gasteiger partial charge in [-0.15, -0.1) is 0 Å². The number of rotatable bonds is 2. The molecule has 1 saturated heterocycles. The molecular formula is C21H18BrN3O. The highest BCUT2D eigenvalue weighted by molar-refractivity contribution is 9.10. The van der Waals surface area contributed by atoms with Crippen LogP contribution in [0.4, 0.5) is 5.69 Å². The second kappa shape index (κ2) is 7.05. The van der Waals surface area contributed by atoms with E-state index < -0.39 is 0 Å². The predicted molar refractivity (Wildman–Crippen MR) is 105 cm³/mol. The molecule has 2 heterocycles. The van der Waals surface area contributed by atoms with E-state index in [0.29, 0.717) is 30.1 Å². The number of amides is 1. The molecule has 2 aliphatic rings. The normalized spacial score (nSPS) is 16.8. The van der Waals surface area contributed by atoms with E-state index >= 15 is 0 Å². The van der Waals surface area contributed by atoms with Gasteiger partial charge in [0.2, 0.25) is 0 Å². The third kappa shape index (κ3) is 3.17. The van der Waals surface area contributed by atoms with Crippen molar-refractivity contribution in [1.82, 2.24) is 4.90 Å². The maximum Gasteiger partial charge on any atom is 0.255 e. The largest absolute Gasteiger partial charge is 0.339 e. The average molecular weight is 408 g/mol. The van der Waals surface area contributed by atoms with Gasteiger partial charge in [0.1, 0.15) is 0 Å². The first-order valence-corrected chi connectivity index (χ1v) is 9.59. The van der Waals surface area contributed by atoms with E-state index in [1.54, 1.807) is 18.2 Å². The van der Waals surface area contributed by atoms with Crippen molar-refractivity contribution in [2.24, 2.45) is 10.9 Å². The molecule has 1 fully saturated rings. The number of hydrogen-bond donors (Lipinski definition) is 0. The van der Waals surface area contributed by atoms with Crippen LogP contribution in [0.3, 0.4) is 0 Å². The summed E-state index contributed by atoms with van der Waals surface area (Å²) >= 11 is 3.50. The molecule has 1 amide bonds. The highest BCUT2D eigenvalue weighted by Gasteiger charge is 2.29. The molecule has 0 unspecified atom stereocenters. The fourth-order valence-electron chi connectivity index (χ4n) is 3.77. The van der Waals surface area contributed by atoms with Crippen molar-refractivity contribution >= 4 is 33.2 Å². The van der Waals surface area contributed by atoms with Gasteiger partial charge in [-0.3, -0.25) is 9.79 Å². The number of carbonyl (C=O) groups is 1. The van der Waals surface area contributed by atoms with Crippen molar-refractivity contribution in [2.45, 2.75) is 19.3 Å². The minimum atomic E-state index is -0.0406. The van der Waals surface area contributed by atoms with Gasteiger partial charge in [-0.2, -0.15) is 5.26 Å². The van der Waals surface area contributed by atoms with Crippen LogP contribution in [-0.4, -0.2) is 29.6 Å². The number of carbonyl (C=O) groups excluding carboxylic acids is 1. The summed E-state index contributed by atoms with van der Waals surface area (Å²) in [6.45, 7) is 1.42. The number of likely N-dealkylation sites (tertiary alicyclic amines) is 1. The van der Waals surface area contributed by atoms with Crippen molar-refractivity contribution < 1.29 is 4.79 Å². The van der Waals surface area contributed by atoms with Crippen LogP contribution >= 0.6 is 15.9 Å². The lowest BCUT2D eigenvalue weighted by Gasteiger charge is -2.32. The quantitative estimate of drug-likeness (QED) is 0.735. The maximum atomic E-state index is 12.8. The van der Waals surface area contributed by atoms with Gasteiger partial charge in [-0.05, 0) is 42.7 Å². The van der Waals surface area contributed by atoms with E-state index in [4.69, 9.17) is 4.99 Å². The molecule has 2 aromatic rings. The highest BCUT2D eigenvalue weighted by atomic mass is 79.9. The lowest BCUT2D eigenvalue weighted by Crippen LogP contribution is -2.40. The van der Waals surface area contributed by atoms with Gasteiger partial charge in [0.15, 0.2) is 0 Å². The lowest BCUT2D eigenvalue weighted by atomic mass is 9.89. The third-order valence-electron chi connectivity index (χ3n) is 5.21. The van der Waals surface area contributed by atoms with Gasteiger partial charge < -0.3 is 4.90 Å². The predicted octanol–water partition coefficient (Wildman–Crippen LogP) is 4.50. The molecule has 4 rings (SSSR count). The molecule has 2 aromatic carbocycles. The molecule has 0 radical (unpaired) electrons.